The maximum absolute atomic E-state index is 6.15. The Balaban J connectivity index is 2.15. The molecule has 0 saturated heterocycles. The second-order valence-corrected chi connectivity index (χ2v) is 5.94. The molecule has 0 fully saturated rings. The lowest BCUT2D eigenvalue weighted by Crippen LogP contribution is -2.33. The van der Waals surface area contributed by atoms with Crippen molar-refractivity contribution in [3.63, 3.8) is 0 Å². The van der Waals surface area contributed by atoms with Gasteiger partial charge in [0, 0.05) is 5.02 Å². The third-order valence-electron chi connectivity index (χ3n) is 4.28. The predicted molar refractivity (Wildman–Crippen MR) is 87.1 cm³/mol. The number of rotatable bonds is 3. The van der Waals surface area contributed by atoms with Crippen LogP contribution in [0.4, 0.5) is 0 Å². The third-order valence-corrected chi connectivity index (χ3v) is 4.53. The van der Waals surface area contributed by atoms with E-state index >= 15 is 0 Å². The molecule has 1 aliphatic rings. The molecule has 0 saturated carbocycles. The van der Waals surface area contributed by atoms with E-state index in [1.54, 1.807) is 14.2 Å². The van der Waals surface area contributed by atoms with Gasteiger partial charge in [-0.05, 0) is 54.3 Å². The minimum absolute atomic E-state index is 0.516. The quantitative estimate of drug-likeness (QED) is 0.849. The zero-order valence-electron chi connectivity index (χ0n) is 13.0. The van der Waals surface area contributed by atoms with E-state index in [0.717, 1.165) is 28.3 Å². The fourth-order valence-electron chi connectivity index (χ4n) is 3.02. The smallest absolute Gasteiger partial charge is 0.161 e. The van der Waals surface area contributed by atoms with E-state index in [4.69, 9.17) is 25.8 Å². The lowest BCUT2D eigenvalue weighted by Gasteiger charge is -2.37. The van der Waals surface area contributed by atoms with Crippen LogP contribution in [0.2, 0.25) is 5.02 Å². The molecule has 116 valence electrons. The summed E-state index contributed by atoms with van der Waals surface area (Å²) in [6, 6.07) is 11.9. The summed E-state index contributed by atoms with van der Waals surface area (Å²) in [6.07, 6.45) is 0.860. The van der Waals surface area contributed by atoms with Gasteiger partial charge in [-0.1, -0.05) is 23.7 Å². The predicted octanol–water partition coefficient (Wildman–Crippen LogP) is 4.19. The van der Waals surface area contributed by atoms with Gasteiger partial charge in [-0.25, -0.2) is 0 Å². The molecule has 1 unspecified atom stereocenters. The topological polar surface area (TPSA) is 27.7 Å². The van der Waals surface area contributed by atoms with Crippen LogP contribution in [0.5, 0.6) is 11.5 Å². The van der Waals surface area contributed by atoms with Crippen LogP contribution in [0.3, 0.4) is 0 Å². The second kappa shape index (κ2) is 5.82. The van der Waals surface area contributed by atoms with Crippen LogP contribution >= 0.6 is 11.6 Å². The highest BCUT2D eigenvalue weighted by atomic mass is 35.5. The van der Waals surface area contributed by atoms with Crippen molar-refractivity contribution < 1.29 is 14.2 Å². The van der Waals surface area contributed by atoms with Gasteiger partial charge in [0.15, 0.2) is 11.5 Å². The number of hydrogen-bond acceptors (Lipinski definition) is 3. The normalized spacial score (nSPS) is 20.4. The van der Waals surface area contributed by atoms with Gasteiger partial charge < -0.3 is 14.2 Å². The zero-order chi connectivity index (χ0) is 15.7. The summed E-state index contributed by atoms with van der Waals surface area (Å²) in [7, 11) is 3.30. The molecule has 4 heteroatoms. The molecular weight excluding hydrogens is 300 g/mol. The highest BCUT2D eigenvalue weighted by molar-refractivity contribution is 6.30. The number of halogens is 1. The Labute approximate surface area is 135 Å². The third kappa shape index (κ3) is 2.44. The minimum Gasteiger partial charge on any atom is -0.493 e. The summed E-state index contributed by atoms with van der Waals surface area (Å²) in [5, 5.41) is 0.718. The monoisotopic (exact) mass is 318 g/mol. The maximum atomic E-state index is 6.15. The lowest BCUT2D eigenvalue weighted by atomic mass is 9.82. The molecule has 2 aromatic rings. The molecule has 0 spiro atoms. The minimum atomic E-state index is -0.516. The average Bonchev–Trinajstić information content (AvgIpc) is 2.54. The second-order valence-electron chi connectivity index (χ2n) is 5.50. The van der Waals surface area contributed by atoms with Gasteiger partial charge in [0.25, 0.3) is 0 Å². The largest absolute Gasteiger partial charge is 0.493 e. The molecular formula is C18H19ClO3. The van der Waals surface area contributed by atoms with Crippen molar-refractivity contribution in [2.45, 2.75) is 18.9 Å². The molecule has 1 heterocycles. The van der Waals surface area contributed by atoms with Crippen LogP contribution in [0.1, 0.15) is 23.6 Å². The van der Waals surface area contributed by atoms with Crippen molar-refractivity contribution in [1.29, 1.82) is 0 Å². The van der Waals surface area contributed by atoms with Crippen LogP contribution in [-0.2, 0) is 16.8 Å². The molecule has 1 aliphatic heterocycles. The van der Waals surface area contributed by atoms with E-state index in [1.807, 2.05) is 36.4 Å². The number of ether oxygens (including phenoxy) is 3. The summed E-state index contributed by atoms with van der Waals surface area (Å²) in [4.78, 5) is 0. The summed E-state index contributed by atoms with van der Waals surface area (Å²) in [5.41, 5.74) is 2.89. The molecule has 1 atom stereocenters. The Morgan fingerprint density at radius 3 is 2.32 bits per heavy atom. The summed E-state index contributed by atoms with van der Waals surface area (Å²) < 4.78 is 17.0. The van der Waals surface area contributed by atoms with Crippen molar-refractivity contribution in [2.75, 3.05) is 20.8 Å². The van der Waals surface area contributed by atoms with Crippen LogP contribution < -0.4 is 9.47 Å². The molecule has 22 heavy (non-hydrogen) atoms. The molecule has 3 nitrogen and oxygen atoms in total. The highest BCUT2D eigenvalue weighted by Crippen LogP contribution is 2.43. The summed E-state index contributed by atoms with van der Waals surface area (Å²) in [5.74, 6) is 1.47. The van der Waals surface area contributed by atoms with E-state index in [2.05, 4.69) is 6.92 Å². The zero-order valence-corrected chi connectivity index (χ0v) is 13.7. The van der Waals surface area contributed by atoms with Crippen LogP contribution in [0.15, 0.2) is 36.4 Å². The van der Waals surface area contributed by atoms with Gasteiger partial charge in [-0.3, -0.25) is 0 Å². The summed E-state index contributed by atoms with van der Waals surface area (Å²) >= 11 is 6.01. The van der Waals surface area contributed by atoms with Crippen molar-refractivity contribution in [2.24, 2.45) is 0 Å². The maximum Gasteiger partial charge on any atom is 0.161 e. The van der Waals surface area contributed by atoms with E-state index in [-0.39, 0.29) is 0 Å². The first-order chi connectivity index (χ1) is 10.6. The Hall–Kier alpha value is -1.71. The first-order valence-corrected chi connectivity index (χ1v) is 7.61. The van der Waals surface area contributed by atoms with Crippen molar-refractivity contribution in [1.82, 2.24) is 0 Å². The van der Waals surface area contributed by atoms with Gasteiger partial charge in [0.1, 0.15) is 5.60 Å². The fourth-order valence-corrected chi connectivity index (χ4v) is 3.15. The van der Waals surface area contributed by atoms with Gasteiger partial charge in [0.2, 0.25) is 0 Å². The Kier molecular flexibility index (Phi) is 4.02. The van der Waals surface area contributed by atoms with E-state index < -0.39 is 5.60 Å². The van der Waals surface area contributed by atoms with Crippen molar-refractivity contribution >= 4 is 11.6 Å². The standard InChI is InChI=1S/C18H19ClO3/c1-18(13-4-6-14(19)7-5-13)15-11-17(21-3)16(20-2)10-12(15)8-9-22-18/h4-7,10-11H,8-9H2,1-3H3. The number of hydrogen-bond donors (Lipinski definition) is 0. The van der Waals surface area contributed by atoms with Gasteiger partial charge in [0.05, 0.1) is 20.8 Å². The average molecular weight is 319 g/mol. The van der Waals surface area contributed by atoms with Gasteiger partial charge >= 0.3 is 0 Å². The molecule has 0 aliphatic carbocycles. The first-order valence-electron chi connectivity index (χ1n) is 7.24. The SMILES string of the molecule is COc1cc2c(cc1OC)C(C)(c1ccc(Cl)cc1)OCC2. The number of benzene rings is 2. The first kappa shape index (κ1) is 15.2. The molecule has 0 aromatic heterocycles. The van der Waals surface area contributed by atoms with Gasteiger partial charge in [-0.2, -0.15) is 0 Å². The lowest BCUT2D eigenvalue weighted by molar-refractivity contribution is -0.0143. The Bertz CT molecular complexity index is 681. The van der Waals surface area contributed by atoms with E-state index in [9.17, 15) is 0 Å². The molecule has 3 rings (SSSR count). The van der Waals surface area contributed by atoms with Crippen molar-refractivity contribution in [3.8, 4) is 11.5 Å². The van der Waals surface area contributed by atoms with Crippen LogP contribution in [-0.4, -0.2) is 20.8 Å². The van der Waals surface area contributed by atoms with Crippen LogP contribution in [0, 0.1) is 0 Å². The van der Waals surface area contributed by atoms with Gasteiger partial charge in [-0.15, -0.1) is 0 Å². The number of fused-ring (bicyclic) bond motifs is 1. The Morgan fingerprint density at radius 1 is 1.05 bits per heavy atom. The molecule has 0 N–H and O–H groups in total. The van der Waals surface area contributed by atoms with Crippen molar-refractivity contribution in [3.05, 3.63) is 58.1 Å². The molecule has 0 radical (unpaired) electrons. The molecule has 2 aromatic carbocycles. The van der Waals surface area contributed by atoms with Crippen LogP contribution in [0.25, 0.3) is 0 Å². The molecule has 0 bridgehead atoms. The Morgan fingerprint density at radius 2 is 1.68 bits per heavy atom. The van der Waals surface area contributed by atoms with E-state index in [0.29, 0.717) is 12.4 Å². The highest BCUT2D eigenvalue weighted by Gasteiger charge is 2.36. The fraction of sp³-hybridized carbons (Fsp3) is 0.333. The number of methoxy groups -OCH3 is 2. The van der Waals surface area contributed by atoms with E-state index in [1.165, 1.54) is 5.56 Å². The molecule has 0 amide bonds. The summed E-state index contributed by atoms with van der Waals surface area (Å²) in [6.45, 7) is 2.75.